The lowest BCUT2D eigenvalue weighted by atomic mass is 9.87. The molecule has 0 radical (unpaired) electrons. The maximum atomic E-state index is 4.23. The normalized spacial score (nSPS) is 19.4. The molecule has 1 aliphatic carbocycles. The zero-order chi connectivity index (χ0) is 11.0. The molecule has 2 aromatic rings. The molecule has 2 nitrogen and oxygen atoms in total. The second-order valence-corrected chi connectivity index (χ2v) is 4.55. The number of hydrogen-bond donors (Lipinski definition) is 0. The smallest absolute Gasteiger partial charge is 0.0953 e. The number of nitrogens with zero attached hydrogens (tertiary/aromatic N) is 2. The van der Waals surface area contributed by atoms with Gasteiger partial charge in [-0.25, -0.2) is 4.98 Å². The third-order valence-electron chi connectivity index (χ3n) is 3.53. The fourth-order valence-corrected chi connectivity index (χ4v) is 2.71. The minimum Gasteiger partial charge on any atom is -0.327 e. The molecule has 3 rings (SSSR count). The summed E-state index contributed by atoms with van der Waals surface area (Å²) in [5, 5.41) is 0. The van der Waals surface area contributed by atoms with Crippen molar-refractivity contribution in [1.29, 1.82) is 0 Å². The molecule has 1 heterocycles. The Hall–Kier alpha value is -1.57. The van der Waals surface area contributed by atoms with Crippen molar-refractivity contribution in [2.24, 2.45) is 0 Å². The van der Waals surface area contributed by atoms with Crippen LogP contribution >= 0.6 is 0 Å². The summed E-state index contributed by atoms with van der Waals surface area (Å²) < 4.78 is 2.30. The van der Waals surface area contributed by atoms with Crippen molar-refractivity contribution in [3.63, 3.8) is 0 Å². The Morgan fingerprint density at radius 2 is 2.19 bits per heavy atom. The van der Waals surface area contributed by atoms with E-state index >= 15 is 0 Å². The molecule has 0 spiro atoms. The van der Waals surface area contributed by atoms with Crippen LogP contribution in [0, 0.1) is 6.92 Å². The monoisotopic (exact) mass is 212 g/mol. The third kappa shape index (κ3) is 1.45. The fourth-order valence-electron chi connectivity index (χ4n) is 2.71. The van der Waals surface area contributed by atoms with E-state index in [4.69, 9.17) is 0 Å². The summed E-state index contributed by atoms with van der Waals surface area (Å²) in [5.41, 5.74) is 4.24. The highest BCUT2D eigenvalue weighted by Gasteiger charge is 2.21. The fraction of sp³-hybridized carbons (Fsp3) is 0.357. The second kappa shape index (κ2) is 3.78. The van der Waals surface area contributed by atoms with Crippen molar-refractivity contribution < 1.29 is 0 Å². The maximum absolute atomic E-state index is 4.23. The van der Waals surface area contributed by atoms with E-state index in [-0.39, 0.29) is 0 Å². The highest BCUT2D eigenvalue weighted by molar-refractivity contribution is 5.33. The van der Waals surface area contributed by atoms with Crippen molar-refractivity contribution in [3.8, 4) is 0 Å². The van der Waals surface area contributed by atoms with Crippen LogP contribution < -0.4 is 0 Å². The highest BCUT2D eigenvalue weighted by atomic mass is 15.1. The molecule has 0 aliphatic heterocycles. The van der Waals surface area contributed by atoms with Gasteiger partial charge < -0.3 is 4.57 Å². The van der Waals surface area contributed by atoms with Crippen LogP contribution in [0.1, 0.15) is 35.7 Å². The predicted molar refractivity (Wildman–Crippen MR) is 64.5 cm³/mol. The van der Waals surface area contributed by atoms with E-state index in [0.717, 1.165) is 0 Å². The summed E-state index contributed by atoms with van der Waals surface area (Å²) in [7, 11) is 0. The number of benzene rings is 1. The van der Waals surface area contributed by atoms with E-state index < -0.39 is 0 Å². The van der Waals surface area contributed by atoms with Crippen molar-refractivity contribution in [1.82, 2.24) is 9.55 Å². The molecular formula is C14H16N2. The van der Waals surface area contributed by atoms with Gasteiger partial charge >= 0.3 is 0 Å². The van der Waals surface area contributed by atoms with Gasteiger partial charge in [0.25, 0.3) is 0 Å². The van der Waals surface area contributed by atoms with Gasteiger partial charge in [-0.1, -0.05) is 24.3 Å². The number of rotatable bonds is 1. The topological polar surface area (TPSA) is 17.8 Å². The first-order valence-electron chi connectivity index (χ1n) is 5.92. The second-order valence-electron chi connectivity index (χ2n) is 4.55. The number of aromatic nitrogens is 2. The Labute approximate surface area is 95.9 Å². The van der Waals surface area contributed by atoms with E-state index in [1.807, 2.05) is 12.5 Å². The van der Waals surface area contributed by atoms with E-state index in [0.29, 0.717) is 6.04 Å². The molecule has 0 fully saturated rings. The zero-order valence-corrected chi connectivity index (χ0v) is 9.56. The summed E-state index contributed by atoms with van der Waals surface area (Å²) in [5.74, 6) is 0. The van der Waals surface area contributed by atoms with Gasteiger partial charge in [-0.3, -0.25) is 0 Å². The number of fused-ring (bicyclic) bond motifs is 1. The first kappa shape index (κ1) is 9.64. The van der Waals surface area contributed by atoms with Crippen molar-refractivity contribution in [3.05, 3.63) is 53.6 Å². The summed E-state index contributed by atoms with van der Waals surface area (Å²) in [4.78, 5) is 4.23. The molecular weight excluding hydrogens is 196 g/mol. The van der Waals surface area contributed by atoms with Crippen LogP contribution in [-0.4, -0.2) is 9.55 Å². The first-order chi connectivity index (χ1) is 7.86. The molecule has 0 N–H and O–H groups in total. The number of hydrogen-bond acceptors (Lipinski definition) is 1. The van der Waals surface area contributed by atoms with Crippen LogP contribution in [-0.2, 0) is 6.42 Å². The zero-order valence-electron chi connectivity index (χ0n) is 9.56. The lowest BCUT2D eigenvalue weighted by Gasteiger charge is -2.27. The van der Waals surface area contributed by atoms with Gasteiger partial charge in [0, 0.05) is 11.9 Å². The Morgan fingerprint density at radius 3 is 3.00 bits per heavy atom. The van der Waals surface area contributed by atoms with E-state index in [1.54, 1.807) is 0 Å². The van der Waals surface area contributed by atoms with Crippen LogP contribution in [0.25, 0.3) is 0 Å². The van der Waals surface area contributed by atoms with Crippen LogP contribution in [0.5, 0.6) is 0 Å². The summed E-state index contributed by atoms with van der Waals surface area (Å²) in [6, 6.07) is 9.30. The molecule has 1 aromatic heterocycles. The molecule has 1 unspecified atom stereocenters. The molecule has 2 heteroatoms. The van der Waals surface area contributed by atoms with Gasteiger partial charge in [-0.15, -0.1) is 0 Å². The highest BCUT2D eigenvalue weighted by Crippen LogP contribution is 2.33. The average Bonchev–Trinajstić information content (AvgIpc) is 2.75. The van der Waals surface area contributed by atoms with Gasteiger partial charge in [-0.2, -0.15) is 0 Å². The molecule has 1 aliphatic rings. The van der Waals surface area contributed by atoms with Gasteiger partial charge in [0.15, 0.2) is 0 Å². The van der Waals surface area contributed by atoms with Gasteiger partial charge in [-0.05, 0) is 37.3 Å². The Morgan fingerprint density at radius 1 is 1.31 bits per heavy atom. The Balaban J connectivity index is 2.08. The molecule has 0 bridgehead atoms. The number of aryl methyl sites for hydroxylation is 2. The third-order valence-corrected chi connectivity index (χ3v) is 3.53. The SMILES string of the molecule is Cc1cncn1C1CCCc2ccccc21. The first-order valence-corrected chi connectivity index (χ1v) is 5.92. The van der Waals surface area contributed by atoms with Gasteiger partial charge in [0.1, 0.15) is 0 Å². The quantitative estimate of drug-likeness (QED) is 0.710. The molecule has 0 saturated heterocycles. The lowest BCUT2D eigenvalue weighted by Crippen LogP contribution is -2.17. The Bertz CT molecular complexity index is 499. The van der Waals surface area contributed by atoms with E-state index in [9.17, 15) is 0 Å². The molecule has 82 valence electrons. The largest absolute Gasteiger partial charge is 0.327 e. The van der Waals surface area contributed by atoms with Gasteiger partial charge in [0.2, 0.25) is 0 Å². The van der Waals surface area contributed by atoms with E-state index in [1.165, 1.54) is 36.1 Å². The maximum Gasteiger partial charge on any atom is 0.0953 e. The Kier molecular flexibility index (Phi) is 2.28. The minimum atomic E-state index is 0.493. The summed E-state index contributed by atoms with van der Waals surface area (Å²) in [6.45, 7) is 2.13. The lowest BCUT2D eigenvalue weighted by molar-refractivity contribution is 0.482. The van der Waals surface area contributed by atoms with Crippen LogP contribution in [0.2, 0.25) is 0 Å². The van der Waals surface area contributed by atoms with Crippen molar-refractivity contribution in [2.75, 3.05) is 0 Å². The van der Waals surface area contributed by atoms with Crippen molar-refractivity contribution in [2.45, 2.75) is 32.2 Å². The van der Waals surface area contributed by atoms with Crippen LogP contribution in [0.3, 0.4) is 0 Å². The van der Waals surface area contributed by atoms with Crippen LogP contribution in [0.15, 0.2) is 36.8 Å². The molecule has 0 amide bonds. The minimum absolute atomic E-state index is 0.493. The molecule has 0 saturated carbocycles. The number of imidazole rings is 1. The molecule has 16 heavy (non-hydrogen) atoms. The standard InChI is InChI=1S/C14H16N2/c1-11-9-15-10-16(11)14-8-4-6-12-5-2-3-7-13(12)14/h2-3,5,7,9-10,14H,4,6,8H2,1H3. The van der Waals surface area contributed by atoms with Crippen LogP contribution in [0.4, 0.5) is 0 Å². The molecule has 1 aromatic carbocycles. The average molecular weight is 212 g/mol. The van der Waals surface area contributed by atoms with Gasteiger partial charge in [0.05, 0.1) is 12.4 Å². The molecule has 1 atom stereocenters. The van der Waals surface area contributed by atoms with E-state index in [2.05, 4.69) is 40.7 Å². The summed E-state index contributed by atoms with van der Waals surface area (Å²) in [6.07, 6.45) is 7.63. The summed E-state index contributed by atoms with van der Waals surface area (Å²) >= 11 is 0. The predicted octanol–water partition coefficient (Wildman–Crippen LogP) is 3.12. The van der Waals surface area contributed by atoms with Crippen molar-refractivity contribution >= 4 is 0 Å².